The van der Waals surface area contributed by atoms with Gasteiger partial charge in [-0.15, -0.1) is 0 Å². The zero-order valence-corrected chi connectivity index (χ0v) is 13.0. The van der Waals surface area contributed by atoms with Crippen molar-refractivity contribution < 1.29 is 9.59 Å². The second kappa shape index (κ2) is 5.44. The number of nitrogens with zero attached hydrogens (tertiary/aromatic N) is 1. The number of amides is 2. The van der Waals surface area contributed by atoms with Crippen LogP contribution in [0, 0.1) is 5.41 Å². The summed E-state index contributed by atoms with van der Waals surface area (Å²) in [4.78, 5) is 26.2. The highest BCUT2D eigenvalue weighted by atomic mass is 35.5. The normalized spacial score (nSPS) is 20.0. The lowest BCUT2D eigenvalue weighted by Gasteiger charge is -2.24. The number of halogens is 2. The summed E-state index contributed by atoms with van der Waals surface area (Å²) in [6.07, 6.45) is 1.88. The van der Waals surface area contributed by atoms with E-state index in [2.05, 4.69) is 5.32 Å². The van der Waals surface area contributed by atoms with E-state index >= 15 is 0 Å². The van der Waals surface area contributed by atoms with Crippen LogP contribution in [0.1, 0.15) is 41.2 Å². The maximum Gasteiger partial charge on any atom is 0.255 e. The average Bonchev–Trinajstić information content (AvgIpc) is 3.20. The van der Waals surface area contributed by atoms with Gasteiger partial charge in [0, 0.05) is 11.6 Å². The van der Waals surface area contributed by atoms with Crippen LogP contribution < -0.4 is 11.1 Å². The van der Waals surface area contributed by atoms with Gasteiger partial charge in [0.25, 0.3) is 5.91 Å². The molecule has 2 aliphatic rings. The number of carbonyl (C=O) groups is 2. The van der Waals surface area contributed by atoms with Gasteiger partial charge in [0.1, 0.15) is 0 Å². The Balaban J connectivity index is 1.95. The van der Waals surface area contributed by atoms with Crippen molar-refractivity contribution in [3.05, 3.63) is 33.3 Å². The highest BCUT2D eigenvalue weighted by molar-refractivity contribution is 6.42. The monoisotopic (exact) mass is 340 g/mol. The van der Waals surface area contributed by atoms with Crippen LogP contribution in [0.5, 0.6) is 0 Å². The van der Waals surface area contributed by atoms with Crippen LogP contribution >= 0.6 is 23.2 Å². The van der Waals surface area contributed by atoms with Crippen molar-refractivity contribution in [1.82, 2.24) is 10.2 Å². The predicted molar refractivity (Wildman–Crippen MR) is 83.1 cm³/mol. The maximum absolute atomic E-state index is 12.6. The molecule has 0 bridgehead atoms. The Morgan fingerprint density at radius 3 is 2.59 bits per heavy atom. The van der Waals surface area contributed by atoms with E-state index in [1.54, 1.807) is 17.0 Å². The molecule has 1 heterocycles. The Hall–Kier alpha value is -1.79. The molecule has 2 amide bonds. The molecule has 1 atom stereocenters. The summed E-state index contributed by atoms with van der Waals surface area (Å²) in [7, 11) is 0. The van der Waals surface area contributed by atoms with Crippen LogP contribution in [0.2, 0.25) is 10.0 Å². The lowest BCUT2D eigenvalue weighted by molar-refractivity contribution is -0.120. The third-order valence-electron chi connectivity index (χ3n) is 3.85. The Kier molecular flexibility index (Phi) is 3.74. The van der Waals surface area contributed by atoms with Crippen molar-refractivity contribution in [2.75, 3.05) is 0 Å². The molecule has 1 aliphatic heterocycles. The van der Waals surface area contributed by atoms with Gasteiger partial charge >= 0.3 is 0 Å². The van der Waals surface area contributed by atoms with Gasteiger partial charge in [-0.2, -0.15) is 0 Å². The summed E-state index contributed by atoms with van der Waals surface area (Å²) in [5.74, 6) is -0.951. The fraction of sp³-hybridized carbons (Fsp3) is 0.357. The van der Waals surface area contributed by atoms with E-state index in [1.165, 1.54) is 0 Å². The second-order valence-electron chi connectivity index (χ2n) is 5.48. The number of nitrogens with one attached hydrogen (secondary N) is 2. The molecule has 1 aromatic carbocycles. The minimum atomic E-state index is -0.415. The summed E-state index contributed by atoms with van der Waals surface area (Å²) in [5.41, 5.74) is 6.36. The standard InChI is InChI=1S/C14H14Cl2N4O2/c15-9-3-7-8(4-10(9)16)13(22)20(6-1-2-6)11(7)5-12(21)19-14(17)18/h3-4,6,11H,1-2,5H2,(H4,17,18,19,21)/t11-/m1/s1. The van der Waals surface area contributed by atoms with Crippen molar-refractivity contribution in [2.24, 2.45) is 5.73 Å². The molecule has 0 saturated heterocycles. The van der Waals surface area contributed by atoms with E-state index in [9.17, 15) is 9.59 Å². The third kappa shape index (κ3) is 2.64. The molecular formula is C14H14Cl2N4O2. The maximum atomic E-state index is 12.6. The van der Waals surface area contributed by atoms with E-state index in [-0.39, 0.29) is 18.4 Å². The number of rotatable bonds is 3. The minimum Gasteiger partial charge on any atom is -0.370 e. The van der Waals surface area contributed by atoms with Crippen LogP contribution in [0.25, 0.3) is 0 Å². The number of hydrogen-bond donors (Lipinski definition) is 3. The molecule has 4 N–H and O–H groups in total. The van der Waals surface area contributed by atoms with Gasteiger partial charge in [-0.1, -0.05) is 23.2 Å². The van der Waals surface area contributed by atoms with Crippen LogP contribution in [-0.4, -0.2) is 28.7 Å². The zero-order valence-electron chi connectivity index (χ0n) is 11.5. The molecule has 116 valence electrons. The summed E-state index contributed by atoms with van der Waals surface area (Å²) >= 11 is 12.0. The van der Waals surface area contributed by atoms with Crippen LogP contribution in [0.3, 0.4) is 0 Å². The van der Waals surface area contributed by atoms with E-state index in [0.29, 0.717) is 21.2 Å². The van der Waals surface area contributed by atoms with Crippen molar-refractivity contribution in [3.63, 3.8) is 0 Å². The average molecular weight is 341 g/mol. The Labute approximate surface area is 137 Å². The predicted octanol–water partition coefficient (Wildman–Crippen LogP) is 2.05. The Morgan fingerprint density at radius 2 is 2.00 bits per heavy atom. The topological polar surface area (TPSA) is 99.3 Å². The van der Waals surface area contributed by atoms with Crippen LogP contribution in [0.4, 0.5) is 0 Å². The first-order valence-corrected chi connectivity index (χ1v) is 7.59. The van der Waals surface area contributed by atoms with Gasteiger partial charge in [-0.05, 0) is 30.5 Å². The van der Waals surface area contributed by atoms with Crippen molar-refractivity contribution in [2.45, 2.75) is 31.3 Å². The van der Waals surface area contributed by atoms with Gasteiger partial charge < -0.3 is 10.6 Å². The van der Waals surface area contributed by atoms with Gasteiger partial charge in [-0.3, -0.25) is 20.3 Å². The number of nitrogens with two attached hydrogens (primary N) is 1. The second-order valence-corrected chi connectivity index (χ2v) is 6.29. The lowest BCUT2D eigenvalue weighted by atomic mass is 10.0. The van der Waals surface area contributed by atoms with E-state index < -0.39 is 17.9 Å². The molecule has 6 nitrogen and oxygen atoms in total. The highest BCUT2D eigenvalue weighted by Gasteiger charge is 2.45. The highest BCUT2D eigenvalue weighted by Crippen LogP contribution is 2.45. The number of hydrogen-bond acceptors (Lipinski definition) is 3. The van der Waals surface area contributed by atoms with Gasteiger partial charge in [-0.25, -0.2) is 0 Å². The van der Waals surface area contributed by atoms with Crippen molar-refractivity contribution in [1.29, 1.82) is 5.41 Å². The van der Waals surface area contributed by atoms with Gasteiger partial charge in [0.15, 0.2) is 5.96 Å². The fourth-order valence-electron chi connectivity index (χ4n) is 2.81. The summed E-state index contributed by atoms with van der Waals surface area (Å²) in [6.45, 7) is 0. The molecule has 0 unspecified atom stereocenters. The zero-order chi connectivity index (χ0) is 16.0. The molecule has 22 heavy (non-hydrogen) atoms. The van der Waals surface area contributed by atoms with Crippen molar-refractivity contribution in [3.8, 4) is 0 Å². The molecule has 8 heteroatoms. The Morgan fingerprint density at radius 1 is 1.36 bits per heavy atom. The number of benzene rings is 1. The molecule has 1 fully saturated rings. The van der Waals surface area contributed by atoms with E-state index in [4.69, 9.17) is 34.3 Å². The van der Waals surface area contributed by atoms with Gasteiger partial charge in [0.2, 0.25) is 5.91 Å². The fourth-order valence-corrected chi connectivity index (χ4v) is 3.15. The number of guanidine groups is 1. The summed E-state index contributed by atoms with van der Waals surface area (Å²) in [6, 6.07) is 2.95. The summed E-state index contributed by atoms with van der Waals surface area (Å²) < 4.78 is 0. The number of fused-ring (bicyclic) bond motifs is 1. The first-order valence-electron chi connectivity index (χ1n) is 6.84. The SMILES string of the molecule is N=C(N)NC(=O)C[C@@H]1c2cc(Cl)c(Cl)cc2C(=O)N1C1CC1. The molecule has 0 radical (unpaired) electrons. The molecular weight excluding hydrogens is 327 g/mol. The molecule has 3 rings (SSSR count). The molecule has 0 spiro atoms. The van der Waals surface area contributed by atoms with Gasteiger partial charge in [0.05, 0.1) is 22.5 Å². The largest absolute Gasteiger partial charge is 0.370 e. The quantitative estimate of drug-likeness (QED) is 0.579. The third-order valence-corrected chi connectivity index (χ3v) is 4.57. The first-order chi connectivity index (χ1) is 10.4. The van der Waals surface area contributed by atoms with Crippen LogP contribution in [0.15, 0.2) is 12.1 Å². The Bertz CT molecular complexity index is 688. The van der Waals surface area contributed by atoms with E-state index in [1.807, 2.05) is 0 Å². The minimum absolute atomic E-state index is 0.0345. The van der Waals surface area contributed by atoms with E-state index in [0.717, 1.165) is 12.8 Å². The smallest absolute Gasteiger partial charge is 0.255 e. The summed E-state index contributed by atoms with van der Waals surface area (Å²) in [5, 5.41) is 10.0. The van der Waals surface area contributed by atoms with Crippen LogP contribution in [-0.2, 0) is 4.79 Å². The first kappa shape index (κ1) is 15.1. The number of carbonyl (C=O) groups excluding carboxylic acids is 2. The molecule has 1 aliphatic carbocycles. The lowest BCUT2D eigenvalue weighted by Crippen LogP contribution is -2.39. The molecule has 1 saturated carbocycles. The molecule has 1 aromatic rings. The molecule has 0 aromatic heterocycles. The van der Waals surface area contributed by atoms with Crippen molar-refractivity contribution >= 4 is 41.0 Å².